The van der Waals surface area contributed by atoms with Crippen LogP contribution in [0.5, 0.6) is 0 Å². The molecule has 0 bridgehead atoms. The van der Waals surface area contributed by atoms with E-state index in [4.69, 9.17) is 15.0 Å². The molecule has 1 fully saturated rings. The molecule has 1 aliphatic rings. The molecule has 2 heterocycles. The Hall–Kier alpha value is -2.10. The molecule has 1 saturated heterocycles. The number of hydrogen-bond donors (Lipinski definition) is 1. The number of H-pyrrole nitrogens is 1. The van der Waals surface area contributed by atoms with Crippen LogP contribution >= 0.6 is 15.9 Å². The maximum Gasteiger partial charge on any atom is 0.330 e. The number of esters is 1. The van der Waals surface area contributed by atoms with Crippen molar-refractivity contribution in [3.05, 3.63) is 42.0 Å². The summed E-state index contributed by atoms with van der Waals surface area (Å²) in [5.74, 6) is -0.490. The fourth-order valence-electron chi connectivity index (χ4n) is 2.10. The fourth-order valence-corrected chi connectivity index (χ4v) is 2.42. The Labute approximate surface area is 131 Å². The van der Waals surface area contributed by atoms with Crippen LogP contribution in [0.1, 0.15) is 19.6 Å². The number of azide groups is 1. The number of aromatic amines is 1. The van der Waals surface area contributed by atoms with Crippen molar-refractivity contribution in [3.8, 4) is 0 Å². The van der Waals surface area contributed by atoms with Crippen molar-refractivity contribution in [3.63, 3.8) is 0 Å². The zero-order valence-electron chi connectivity index (χ0n) is 11.4. The minimum atomic E-state index is -0.739. The fraction of sp³-hybridized carbons (Fsp3) is 0.545. The van der Waals surface area contributed by atoms with Crippen LogP contribution in [-0.4, -0.2) is 34.3 Å². The van der Waals surface area contributed by atoms with Crippen LogP contribution in [0.3, 0.4) is 0 Å². The minimum absolute atomic E-state index is 0.0885. The Balaban J connectivity index is 2.25. The van der Waals surface area contributed by atoms with Crippen molar-refractivity contribution in [2.75, 3.05) is 6.61 Å². The van der Waals surface area contributed by atoms with E-state index in [2.05, 4.69) is 30.9 Å². The number of halogens is 1. The number of nitrogens with zero attached hydrogens (tertiary/aromatic N) is 4. The molecule has 0 spiro atoms. The number of nitrogens with one attached hydrogen (secondary N) is 1. The van der Waals surface area contributed by atoms with Gasteiger partial charge in [0.25, 0.3) is 5.56 Å². The summed E-state index contributed by atoms with van der Waals surface area (Å²) in [4.78, 5) is 38.9. The van der Waals surface area contributed by atoms with E-state index in [1.54, 1.807) is 0 Å². The van der Waals surface area contributed by atoms with Crippen molar-refractivity contribution in [2.45, 2.75) is 31.7 Å². The van der Waals surface area contributed by atoms with Gasteiger partial charge in [0, 0.05) is 24.5 Å². The molecule has 118 valence electrons. The Morgan fingerprint density at radius 3 is 3.05 bits per heavy atom. The lowest BCUT2D eigenvalue weighted by molar-refractivity contribution is -0.146. The Bertz CT molecular complexity index is 737. The molecule has 0 amide bonds. The molecule has 22 heavy (non-hydrogen) atoms. The number of hydrogen-bond acceptors (Lipinski definition) is 6. The first-order chi connectivity index (χ1) is 10.4. The highest BCUT2D eigenvalue weighted by molar-refractivity contribution is 9.10. The van der Waals surface area contributed by atoms with Crippen LogP contribution in [-0.2, 0) is 14.3 Å². The Kier molecular flexibility index (Phi) is 5.01. The monoisotopic (exact) mass is 373 g/mol. The molecule has 1 unspecified atom stereocenters. The summed E-state index contributed by atoms with van der Waals surface area (Å²) in [6.07, 6.45) is 0.112. The number of carbonyl (C=O) groups excluding carboxylic acids is 1. The van der Waals surface area contributed by atoms with Crippen molar-refractivity contribution in [1.29, 1.82) is 0 Å². The lowest BCUT2D eigenvalue weighted by Crippen LogP contribution is -2.32. The summed E-state index contributed by atoms with van der Waals surface area (Å²) in [5.41, 5.74) is 7.38. The van der Waals surface area contributed by atoms with Gasteiger partial charge in [-0.1, -0.05) is 5.11 Å². The normalized spacial score (nSPS) is 23.8. The van der Waals surface area contributed by atoms with Crippen LogP contribution in [0, 0.1) is 0 Å². The molecule has 11 heteroatoms. The lowest BCUT2D eigenvalue weighted by atomic mass is 10.1. The summed E-state index contributed by atoms with van der Waals surface area (Å²) in [6.45, 7) is 1.16. The topological polar surface area (TPSA) is 139 Å². The second-order valence-electron chi connectivity index (χ2n) is 4.58. The van der Waals surface area contributed by atoms with Gasteiger partial charge in [-0.15, -0.1) is 0 Å². The van der Waals surface area contributed by atoms with Crippen LogP contribution in [0.25, 0.3) is 10.4 Å². The van der Waals surface area contributed by atoms with E-state index in [1.807, 2.05) is 0 Å². The predicted octanol–water partition coefficient (Wildman–Crippen LogP) is 0.829. The highest BCUT2D eigenvalue weighted by Crippen LogP contribution is 2.30. The van der Waals surface area contributed by atoms with E-state index in [9.17, 15) is 14.4 Å². The first kappa shape index (κ1) is 16.3. The van der Waals surface area contributed by atoms with Crippen LogP contribution in [0.15, 0.2) is 25.4 Å². The molecule has 0 saturated carbocycles. The third kappa shape index (κ3) is 3.56. The van der Waals surface area contributed by atoms with Gasteiger partial charge in [-0.25, -0.2) is 4.79 Å². The van der Waals surface area contributed by atoms with E-state index < -0.39 is 35.6 Å². The van der Waals surface area contributed by atoms with Gasteiger partial charge >= 0.3 is 11.7 Å². The van der Waals surface area contributed by atoms with Crippen LogP contribution in [0.2, 0.25) is 0 Å². The van der Waals surface area contributed by atoms with Crippen molar-refractivity contribution < 1.29 is 14.3 Å². The van der Waals surface area contributed by atoms with Crippen molar-refractivity contribution in [2.24, 2.45) is 5.11 Å². The Morgan fingerprint density at radius 1 is 1.68 bits per heavy atom. The summed E-state index contributed by atoms with van der Waals surface area (Å²) in [7, 11) is 0. The van der Waals surface area contributed by atoms with Gasteiger partial charge in [0.15, 0.2) is 0 Å². The second kappa shape index (κ2) is 6.77. The predicted molar refractivity (Wildman–Crippen MR) is 77.1 cm³/mol. The van der Waals surface area contributed by atoms with E-state index in [0.29, 0.717) is 0 Å². The van der Waals surface area contributed by atoms with E-state index in [1.165, 1.54) is 17.7 Å². The zero-order chi connectivity index (χ0) is 16.3. The molecule has 0 radical (unpaired) electrons. The van der Waals surface area contributed by atoms with Gasteiger partial charge in [0.2, 0.25) is 0 Å². The standard InChI is InChI=1S/C11H12BrN5O5/c1-5(18)21-4-8-7(15-16-13)2-9(22-8)17-3-6(12)10(19)14-11(17)20/h3,7-9H,2,4H2,1H3,(H,14,19,20)/t7?,8-,9-/m0/s1. The minimum Gasteiger partial charge on any atom is -0.463 e. The molecule has 1 aliphatic heterocycles. The molecular weight excluding hydrogens is 362 g/mol. The first-order valence-corrected chi connectivity index (χ1v) is 7.05. The van der Waals surface area contributed by atoms with Gasteiger partial charge in [-0.05, 0) is 21.5 Å². The molecule has 1 aromatic heterocycles. The van der Waals surface area contributed by atoms with Crippen molar-refractivity contribution in [1.82, 2.24) is 9.55 Å². The molecular formula is C11H12BrN5O5. The summed E-state index contributed by atoms with van der Waals surface area (Å²) in [6, 6.07) is -0.591. The highest BCUT2D eigenvalue weighted by Gasteiger charge is 2.37. The largest absolute Gasteiger partial charge is 0.463 e. The van der Waals surface area contributed by atoms with E-state index in [0.717, 1.165) is 0 Å². The SMILES string of the molecule is CC(=O)OC[C@@H]1O[C@H](n2cc(Br)c(=O)[nH]c2=O)CC1N=[N+]=[N-]. The molecule has 1 N–H and O–H groups in total. The Morgan fingerprint density at radius 2 is 2.41 bits per heavy atom. The zero-order valence-corrected chi connectivity index (χ0v) is 13.0. The van der Waals surface area contributed by atoms with Gasteiger partial charge < -0.3 is 9.47 Å². The van der Waals surface area contributed by atoms with E-state index >= 15 is 0 Å². The molecule has 3 atom stereocenters. The van der Waals surface area contributed by atoms with Gasteiger partial charge in [-0.3, -0.25) is 19.1 Å². The van der Waals surface area contributed by atoms with Crippen LogP contribution < -0.4 is 11.2 Å². The average Bonchev–Trinajstić information content (AvgIpc) is 2.84. The average molecular weight is 374 g/mol. The first-order valence-electron chi connectivity index (χ1n) is 6.26. The van der Waals surface area contributed by atoms with E-state index in [-0.39, 0.29) is 17.5 Å². The molecule has 0 aromatic carbocycles. The molecule has 0 aliphatic carbocycles. The van der Waals surface area contributed by atoms with Crippen molar-refractivity contribution >= 4 is 21.9 Å². The maximum absolute atomic E-state index is 11.8. The maximum atomic E-state index is 11.8. The smallest absolute Gasteiger partial charge is 0.330 e. The van der Waals surface area contributed by atoms with Gasteiger partial charge in [0.1, 0.15) is 18.9 Å². The number of carbonyl (C=O) groups is 1. The third-order valence-corrected chi connectivity index (χ3v) is 3.65. The summed E-state index contributed by atoms with van der Waals surface area (Å²) < 4.78 is 11.8. The van der Waals surface area contributed by atoms with Crippen LogP contribution in [0.4, 0.5) is 0 Å². The quantitative estimate of drug-likeness (QED) is 0.360. The molecule has 1 aromatic rings. The van der Waals surface area contributed by atoms with Gasteiger partial charge in [-0.2, -0.15) is 0 Å². The second-order valence-corrected chi connectivity index (χ2v) is 5.44. The number of rotatable bonds is 4. The highest BCUT2D eigenvalue weighted by atomic mass is 79.9. The third-order valence-electron chi connectivity index (χ3n) is 3.09. The number of ether oxygens (including phenoxy) is 2. The summed E-state index contributed by atoms with van der Waals surface area (Å²) in [5, 5.41) is 3.59. The van der Waals surface area contributed by atoms with Gasteiger partial charge in [0.05, 0.1) is 10.5 Å². The molecule has 10 nitrogen and oxygen atoms in total. The lowest BCUT2D eigenvalue weighted by Gasteiger charge is -2.16. The summed E-state index contributed by atoms with van der Waals surface area (Å²) >= 11 is 3.03. The number of aromatic nitrogens is 2. The molecule has 2 rings (SSSR count).